The molecule has 0 aromatic heterocycles. The number of carbonyl (C=O) groups is 2. The zero-order chi connectivity index (χ0) is 19.8. The first kappa shape index (κ1) is 18.0. The van der Waals surface area contributed by atoms with Crippen LogP contribution in [0.1, 0.15) is 42.5 Å². The third kappa shape index (κ3) is 3.33. The Morgan fingerprint density at radius 2 is 1.76 bits per heavy atom. The van der Waals surface area contributed by atoms with E-state index in [0.29, 0.717) is 28.7 Å². The molecule has 6 heteroatoms. The number of fused-ring (bicyclic) bond motifs is 2. The average molecular weight is 392 g/mol. The summed E-state index contributed by atoms with van der Waals surface area (Å²) in [7, 11) is 0. The van der Waals surface area contributed by atoms with Crippen molar-refractivity contribution < 1.29 is 19.1 Å². The summed E-state index contributed by atoms with van der Waals surface area (Å²) in [6, 6.07) is 14.3. The van der Waals surface area contributed by atoms with Crippen LogP contribution in [0.4, 0.5) is 5.69 Å². The van der Waals surface area contributed by atoms with Crippen LogP contribution >= 0.6 is 0 Å². The van der Waals surface area contributed by atoms with Crippen LogP contribution in [0.2, 0.25) is 0 Å². The van der Waals surface area contributed by atoms with E-state index in [1.807, 2.05) is 35.2 Å². The second-order valence-corrected chi connectivity index (χ2v) is 8.00. The van der Waals surface area contributed by atoms with Crippen LogP contribution in [0, 0.1) is 5.92 Å². The number of likely N-dealkylation sites (tertiary alicyclic amines) is 1. The molecule has 1 aliphatic carbocycles. The molecule has 1 saturated heterocycles. The lowest BCUT2D eigenvalue weighted by Crippen LogP contribution is -2.47. The summed E-state index contributed by atoms with van der Waals surface area (Å²) in [4.78, 5) is 28.4. The molecule has 0 radical (unpaired) electrons. The molecule has 2 amide bonds. The molecule has 150 valence electrons. The molecule has 1 N–H and O–H groups in total. The maximum atomic E-state index is 13.3. The lowest BCUT2D eigenvalue weighted by atomic mass is 9.84. The highest BCUT2D eigenvalue weighted by molar-refractivity contribution is 6.02. The molecule has 0 spiro atoms. The van der Waals surface area contributed by atoms with Gasteiger partial charge in [0.05, 0.1) is 0 Å². The van der Waals surface area contributed by atoms with Gasteiger partial charge >= 0.3 is 0 Å². The first-order chi connectivity index (χ1) is 14.2. The van der Waals surface area contributed by atoms with Crippen LogP contribution < -0.4 is 14.8 Å². The Morgan fingerprint density at radius 3 is 2.62 bits per heavy atom. The number of rotatable bonds is 3. The van der Waals surface area contributed by atoms with Gasteiger partial charge < -0.3 is 19.7 Å². The Hall–Kier alpha value is -3.02. The SMILES string of the molecule is O=C(Nc1ccc2c(c1)OCO2)C1CC2CCCCC2N1C(=O)c1ccccc1. The molecule has 5 rings (SSSR count). The minimum absolute atomic E-state index is 0.0502. The van der Waals surface area contributed by atoms with E-state index < -0.39 is 6.04 Å². The molecule has 6 nitrogen and oxygen atoms in total. The maximum absolute atomic E-state index is 13.3. The normalized spacial score (nSPS) is 24.8. The molecular formula is C23H24N2O4. The molecule has 2 aliphatic heterocycles. The minimum Gasteiger partial charge on any atom is -0.454 e. The zero-order valence-corrected chi connectivity index (χ0v) is 16.2. The smallest absolute Gasteiger partial charge is 0.254 e. The third-order valence-corrected chi connectivity index (χ3v) is 6.29. The van der Waals surface area contributed by atoms with Gasteiger partial charge in [-0.25, -0.2) is 0 Å². The van der Waals surface area contributed by atoms with Gasteiger partial charge in [0, 0.05) is 23.4 Å². The van der Waals surface area contributed by atoms with E-state index in [1.165, 1.54) is 6.42 Å². The molecule has 3 aliphatic rings. The number of carbonyl (C=O) groups excluding carboxylic acids is 2. The molecule has 2 heterocycles. The molecule has 29 heavy (non-hydrogen) atoms. The fourth-order valence-corrected chi connectivity index (χ4v) is 4.92. The van der Waals surface area contributed by atoms with Crippen molar-refractivity contribution in [1.82, 2.24) is 4.90 Å². The number of amides is 2. The van der Waals surface area contributed by atoms with Gasteiger partial charge in [-0.05, 0) is 49.4 Å². The van der Waals surface area contributed by atoms with Crippen molar-refractivity contribution in [3.05, 3.63) is 54.1 Å². The first-order valence-electron chi connectivity index (χ1n) is 10.3. The van der Waals surface area contributed by atoms with Crippen LogP contribution in [-0.2, 0) is 4.79 Å². The summed E-state index contributed by atoms with van der Waals surface area (Å²) in [5, 5.41) is 2.99. The Balaban J connectivity index is 1.40. The van der Waals surface area contributed by atoms with Gasteiger partial charge in [-0.1, -0.05) is 31.0 Å². The summed E-state index contributed by atoms with van der Waals surface area (Å²) >= 11 is 0. The predicted molar refractivity (Wildman–Crippen MR) is 108 cm³/mol. The van der Waals surface area contributed by atoms with Crippen molar-refractivity contribution in [2.75, 3.05) is 12.1 Å². The number of nitrogens with zero attached hydrogens (tertiary/aromatic N) is 1. The van der Waals surface area contributed by atoms with E-state index in [2.05, 4.69) is 5.32 Å². The van der Waals surface area contributed by atoms with Gasteiger partial charge in [0.15, 0.2) is 11.5 Å². The summed E-state index contributed by atoms with van der Waals surface area (Å²) < 4.78 is 10.7. The number of hydrogen-bond acceptors (Lipinski definition) is 4. The minimum atomic E-state index is -0.457. The van der Waals surface area contributed by atoms with Gasteiger partial charge in [0.2, 0.25) is 12.7 Å². The van der Waals surface area contributed by atoms with Crippen LogP contribution in [0.3, 0.4) is 0 Å². The predicted octanol–water partition coefficient (Wildman–Crippen LogP) is 3.83. The third-order valence-electron chi connectivity index (χ3n) is 6.29. The molecule has 2 aromatic carbocycles. The van der Waals surface area contributed by atoms with Gasteiger partial charge in [-0.15, -0.1) is 0 Å². The summed E-state index contributed by atoms with van der Waals surface area (Å²) in [5.74, 6) is 1.51. The number of benzene rings is 2. The summed E-state index contributed by atoms with van der Waals surface area (Å²) in [6.45, 7) is 0.193. The van der Waals surface area contributed by atoms with Crippen molar-refractivity contribution >= 4 is 17.5 Å². The molecule has 2 fully saturated rings. The topological polar surface area (TPSA) is 67.9 Å². The van der Waals surface area contributed by atoms with Gasteiger partial charge in [-0.3, -0.25) is 9.59 Å². The molecule has 3 atom stereocenters. The number of nitrogens with one attached hydrogen (secondary N) is 1. The van der Waals surface area contributed by atoms with E-state index >= 15 is 0 Å². The first-order valence-corrected chi connectivity index (χ1v) is 10.3. The van der Waals surface area contributed by atoms with E-state index in [-0.39, 0.29) is 24.6 Å². The fourth-order valence-electron chi connectivity index (χ4n) is 4.92. The quantitative estimate of drug-likeness (QED) is 0.862. The Kier molecular flexibility index (Phi) is 4.62. The number of anilines is 1. The monoisotopic (exact) mass is 392 g/mol. The van der Waals surface area contributed by atoms with Crippen molar-refractivity contribution in [2.45, 2.75) is 44.2 Å². The van der Waals surface area contributed by atoms with Crippen LogP contribution in [0.25, 0.3) is 0 Å². The van der Waals surface area contributed by atoms with Crippen molar-refractivity contribution in [3.63, 3.8) is 0 Å². The molecule has 0 bridgehead atoms. The second kappa shape index (κ2) is 7.43. The Bertz CT molecular complexity index is 930. The number of hydrogen-bond donors (Lipinski definition) is 1. The maximum Gasteiger partial charge on any atom is 0.254 e. The van der Waals surface area contributed by atoms with E-state index in [0.717, 1.165) is 25.7 Å². The lowest BCUT2D eigenvalue weighted by Gasteiger charge is -2.33. The standard InChI is InChI=1S/C23H24N2O4/c26-22(24-17-10-11-20-21(13-17)29-14-28-20)19-12-16-8-4-5-9-18(16)25(19)23(27)15-6-2-1-3-7-15/h1-3,6-7,10-11,13,16,18-19H,4-5,8-9,12,14H2,(H,24,26). The van der Waals surface area contributed by atoms with Crippen molar-refractivity contribution in [3.8, 4) is 11.5 Å². The highest BCUT2D eigenvalue weighted by atomic mass is 16.7. The molecule has 1 saturated carbocycles. The van der Waals surface area contributed by atoms with E-state index in [4.69, 9.17) is 9.47 Å². The largest absolute Gasteiger partial charge is 0.454 e. The average Bonchev–Trinajstić information content (AvgIpc) is 3.38. The van der Waals surface area contributed by atoms with Crippen molar-refractivity contribution in [1.29, 1.82) is 0 Å². The van der Waals surface area contributed by atoms with Crippen LogP contribution in [-0.4, -0.2) is 35.6 Å². The van der Waals surface area contributed by atoms with Crippen LogP contribution in [0.5, 0.6) is 11.5 Å². The van der Waals surface area contributed by atoms with Gasteiger partial charge in [0.1, 0.15) is 6.04 Å². The van der Waals surface area contributed by atoms with E-state index in [9.17, 15) is 9.59 Å². The summed E-state index contributed by atoms with van der Waals surface area (Å²) in [5.41, 5.74) is 1.29. The highest BCUT2D eigenvalue weighted by Crippen LogP contribution is 2.41. The lowest BCUT2D eigenvalue weighted by molar-refractivity contribution is -0.120. The van der Waals surface area contributed by atoms with Gasteiger partial charge in [0.25, 0.3) is 5.91 Å². The summed E-state index contributed by atoms with van der Waals surface area (Å²) in [6.07, 6.45) is 5.05. The molecule has 2 aromatic rings. The Morgan fingerprint density at radius 1 is 0.966 bits per heavy atom. The van der Waals surface area contributed by atoms with Crippen molar-refractivity contribution in [2.24, 2.45) is 5.92 Å². The molecular weight excluding hydrogens is 368 g/mol. The van der Waals surface area contributed by atoms with E-state index in [1.54, 1.807) is 18.2 Å². The highest BCUT2D eigenvalue weighted by Gasteiger charge is 2.47. The van der Waals surface area contributed by atoms with Gasteiger partial charge in [-0.2, -0.15) is 0 Å². The Labute approximate surface area is 169 Å². The molecule has 3 unspecified atom stereocenters. The number of ether oxygens (including phenoxy) is 2. The van der Waals surface area contributed by atoms with Crippen LogP contribution in [0.15, 0.2) is 48.5 Å². The fraction of sp³-hybridized carbons (Fsp3) is 0.391. The second-order valence-electron chi connectivity index (χ2n) is 8.00. The zero-order valence-electron chi connectivity index (χ0n) is 16.2.